The van der Waals surface area contributed by atoms with E-state index >= 15 is 0 Å². The van der Waals surface area contributed by atoms with Crippen molar-refractivity contribution in [1.29, 1.82) is 10.7 Å². The highest BCUT2D eigenvalue weighted by molar-refractivity contribution is 6.35. The maximum Gasteiger partial charge on any atom is 0.177 e. The lowest BCUT2D eigenvalue weighted by Gasteiger charge is -2.21. The lowest BCUT2D eigenvalue weighted by atomic mass is 10.0. The molecule has 0 saturated carbocycles. The Kier molecular flexibility index (Phi) is 6.84. The molecule has 0 bridgehead atoms. The van der Waals surface area contributed by atoms with Crippen LogP contribution in [-0.4, -0.2) is 28.3 Å². The first-order valence-corrected chi connectivity index (χ1v) is 11.1. The Morgan fingerprint density at radius 3 is 2.65 bits per heavy atom. The molecule has 1 aliphatic rings. The summed E-state index contributed by atoms with van der Waals surface area (Å²) in [6.07, 6.45) is 4.76. The van der Waals surface area contributed by atoms with Crippen molar-refractivity contribution in [1.82, 2.24) is 9.97 Å². The number of nitriles is 1. The number of ether oxygens (including phenoxy) is 1. The largest absolute Gasteiger partial charge is 0.468 e. The van der Waals surface area contributed by atoms with Gasteiger partial charge in [0.05, 0.1) is 21.8 Å². The first-order valence-electron chi connectivity index (χ1n) is 10.3. The van der Waals surface area contributed by atoms with Gasteiger partial charge in [0.2, 0.25) is 0 Å². The Morgan fingerprint density at radius 2 is 2.00 bits per heavy atom. The van der Waals surface area contributed by atoms with Crippen LogP contribution in [-0.2, 0) is 0 Å². The molecule has 174 valence electrons. The number of aromatic nitrogens is 2. The molecule has 4 rings (SSSR count). The van der Waals surface area contributed by atoms with Crippen molar-refractivity contribution in [2.75, 3.05) is 17.2 Å². The van der Waals surface area contributed by atoms with Gasteiger partial charge in [-0.3, -0.25) is 16.1 Å². The van der Waals surface area contributed by atoms with Gasteiger partial charge >= 0.3 is 0 Å². The Hall–Kier alpha value is -3.45. The minimum absolute atomic E-state index is 0.0215. The Labute approximate surface area is 205 Å². The number of benzene rings is 1. The van der Waals surface area contributed by atoms with Gasteiger partial charge in [-0.2, -0.15) is 5.26 Å². The molecule has 0 amide bonds. The van der Waals surface area contributed by atoms with Crippen LogP contribution in [0.1, 0.15) is 35.8 Å². The first kappa shape index (κ1) is 23.7. The average Bonchev–Trinajstić information content (AvgIpc) is 3.29. The number of hydrogen-bond acceptors (Lipinski definition) is 8. The van der Waals surface area contributed by atoms with Gasteiger partial charge in [-0.05, 0) is 31.0 Å². The van der Waals surface area contributed by atoms with Crippen LogP contribution in [0.3, 0.4) is 0 Å². The van der Waals surface area contributed by atoms with Crippen LogP contribution in [0.4, 0.5) is 15.9 Å². The molecule has 0 unspecified atom stereocenters. The maximum atomic E-state index is 14.6. The van der Waals surface area contributed by atoms with Gasteiger partial charge < -0.3 is 15.4 Å². The third-order valence-electron chi connectivity index (χ3n) is 5.53. The molecule has 1 aromatic carbocycles. The first-order chi connectivity index (χ1) is 16.3. The van der Waals surface area contributed by atoms with Gasteiger partial charge in [0.25, 0.3) is 0 Å². The van der Waals surface area contributed by atoms with E-state index in [-0.39, 0.29) is 44.4 Å². The number of nitrogens with zero attached hydrogens (tertiary/aromatic N) is 4. The molecule has 1 aliphatic heterocycles. The van der Waals surface area contributed by atoms with Crippen molar-refractivity contribution >= 4 is 40.4 Å². The second-order valence-electron chi connectivity index (χ2n) is 7.69. The van der Waals surface area contributed by atoms with Gasteiger partial charge in [-0.1, -0.05) is 23.2 Å². The molecule has 34 heavy (non-hydrogen) atoms. The maximum absolute atomic E-state index is 14.6. The van der Waals surface area contributed by atoms with Crippen molar-refractivity contribution in [3.63, 3.8) is 0 Å². The molecule has 11 heteroatoms. The molecule has 0 aliphatic carbocycles. The number of halogens is 3. The summed E-state index contributed by atoms with van der Waals surface area (Å²) >= 11 is 12.2. The van der Waals surface area contributed by atoms with E-state index in [1.54, 1.807) is 12.1 Å². The van der Waals surface area contributed by atoms with E-state index in [0.29, 0.717) is 11.4 Å². The zero-order valence-electron chi connectivity index (χ0n) is 17.8. The number of nitrogens with two attached hydrogens (primary N) is 2. The molecule has 2 aromatic heterocycles. The zero-order chi connectivity index (χ0) is 24.4. The van der Waals surface area contributed by atoms with Crippen molar-refractivity contribution in [2.45, 2.75) is 25.1 Å². The highest BCUT2D eigenvalue weighted by Gasteiger charge is 2.25. The van der Waals surface area contributed by atoms with Gasteiger partial charge in [-0.15, -0.1) is 0 Å². The number of hydrogen-bond donors (Lipinski definition) is 3. The fourth-order valence-electron chi connectivity index (χ4n) is 3.80. The molecular weight excluding hydrogens is 480 g/mol. The number of pyridine rings is 2. The zero-order valence-corrected chi connectivity index (χ0v) is 19.3. The molecule has 3 aromatic rings. The van der Waals surface area contributed by atoms with E-state index in [9.17, 15) is 9.65 Å². The van der Waals surface area contributed by atoms with Crippen LogP contribution in [0.2, 0.25) is 10.0 Å². The van der Waals surface area contributed by atoms with Crippen LogP contribution in [0.15, 0.2) is 42.9 Å². The molecular formula is C23H20Cl2FN7O. The summed E-state index contributed by atoms with van der Waals surface area (Å²) in [4.78, 5) is 10.2. The topological polar surface area (TPSA) is 138 Å². The summed E-state index contributed by atoms with van der Waals surface area (Å²) in [5.41, 5.74) is 13.1. The van der Waals surface area contributed by atoms with E-state index in [1.807, 2.05) is 4.90 Å². The summed E-state index contributed by atoms with van der Waals surface area (Å²) in [5.74, 6) is -0.312. The van der Waals surface area contributed by atoms with Gasteiger partial charge in [0, 0.05) is 53.6 Å². The summed E-state index contributed by atoms with van der Waals surface area (Å²) in [7, 11) is 0. The molecule has 5 N–H and O–H groups in total. The standard InChI is InChI=1S/C23H20Cl2FN7O/c24-15-10-31-11-16(25)21(15)23(30)34-19-6-14(18(28)7-17(19)26)22(29)12-3-4-20(32-9-12)33-5-1-2-13(33)8-27/h3-4,6-7,9-11,13,23,29H,1-2,5,28,30H2/t13-,23+/m1/s1. The highest BCUT2D eigenvalue weighted by Crippen LogP contribution is 2.33. The van der Waals surface area contributed by atoms with Crippen molar-refractivity contribution in [3.05, 3.63) is 75.4 Å². The van der Waals surface area contributed by atoms with E-state index < -0.39 is 12.0 Å². The van der Waals surface area contributed by atoms with E-state index in [1.165, 1.54) is 24.7 Å². The second-order valence-corrected chi connectivity index (χ2v) is 8.50. The summed E-state index contributed by atoms with van der Waals surface area (Å²) < 4.78 is 20.2. The summed E-state index contributed by atoms with van der Waals surface area (Å²) in [6, 6.07) is 7.89. The van der Waals surface area contributed by atoms with Gasteiger partial charge in [0.1, 0.15) is 11.9 Å². The van der Waals surface area contributed by atoms with E-state index in [0.717, 1.165) is 25.5 Å². The number of rotatable bonds is 6. The molecule has 0 spiro atoms. The lowest BCUT2D eigenvalue weighted by Crippen LogP contribution is -2.28. The average molecular weight is 500 g/mol. The second kappa shape index (κ2) is 9.81. The van der Waals surface area contributed by atoms with Crippen LogP contribution >= 0.6 is 23.2 Å². The highest BCUT2D eigenvalue weighted by atomic mass is 35.5. The fourth-order valence-corrected chi connectivity index (χ4v) is 4.38. The van der Waals surface area contributed by atoms with Crippen molar-refractivity contribution in [2.24, 2.45) is 5.73 Å². The molecule has 1 saturated heterocycles. The Bertz CT molecular complexity index is 1260. The monoisotopic (exact) mass is 499 g/mol. The predicted octanol–water partition coefficient (Wildman–Crippen LogP) is 4.45. The van der Waals surface area contributed by atoms with Crippen LogP contribution in [0.5, 0.6) is 5.75 Å². The number of anilines is 2. The molecule has 3 heterocycles. The van der Waals surface area contributed by atoms with Gasteiger partial charge in [0.15, 0.2) is 17.8 Å². The lowest BCUT2D eigenvalue weighted by molar-refractivity contribution is 0.204. The Balaban J connectivity index is 1.59. The van der Waals surface area contributed by atoms with Crippen LogP contribution in [0, 0.1) is 22.6 Å². The minimum atomic E-state index is -1.18. The fraction of sp³-hybridized carbons (Fsp3) is 0.217. The normalized spacial score (nSPS) is 16.2. The molecule has 0 radical (unpaired) electrons. The molecule has 8 nitrogen and oxygen atoms in total. The third-order valence-corrected chi connectivity index (χ3v) is 6.14. The third kappa shape index (κ3) is 4.61. The van der Waals surface area contributed by atoms with Crippen LogP contribution in [0.25, 0.3) is 0 Å². The molecule has 1 fully saturated rings. The quantitative estimate of drug-likeness (QED) is 0.258. The summed E-state index contributed by atoms with van der Waals surface area (Å²) in [6.45, 7) is 0.749. The number of nitrogens with one attached hydrogen (secondary N) is 1. The minimum Gasteiger partial charge on any atom is -0.468 e. The van der Waals surface area contributed by atoms with E-state index in [2.05, 4.69) is 16.0 Å². The van der Waals surface area contributed by atoms with Crippen molar-refractivity contribution < 1.29 is 9.13 Å². The molecule has 2 atom stereocenters. The smallest absolute Gasteiger partial charge is 0.177 e. The SMILES string of the molecule is N#C[C@H]1CCCN1c1ccc(C(=N)c2cc(O[C@H](N)c3c(Cl)cncc3Cl)c(F)cc2N)cn1. The van der Waals surface area contributed by atoms with Crippen molar-refractivity contribution in [3.8, 4) is 11.8 Å². The van der Waals surface area contributed by atoms with E-state index in [4.69, 9.17) is 44.8 Å². The Morgan fingerprint density at radius 1 is 1.26 bits per heavy atom. The number of nitrogen functional groups attached to an aromatic ring is 1. The predicted molar refractivity (Wildman–Crippen MR) is 129 cm³/mol. The van der Waals surface area contributed by atoms with Gasteiger partial charge in [-0.25, -0.2) is 9.37 Å². The summed E-state index contributed by atoms with van der Waals surface area (Å²) in [5, 5.41) is 18.2. The van der Waals surface area contributed by atoms with Crippen LogP contribution < -0.4 is 21.1 Å².